The largest absolute Gasteiger partial charge is 0.490 e. The van der Waals surface area contributed by atoms with Gasteiger partial charge in [0.2, 0.25) is 10.0 Å². The Hall–Kier alpha value is -2.33. The molecule has 1 unspecified atom stereocenters. The lowest BCUT2D eigenvalue weighted by atomic mass is 10.0. The molecular formula is C22H25ClN2O6S. The molecule has 0 amide bonds. The smallest absolute Gasteiger partial charge is 0.327 e. The number of hydrogen-bond donors (Lipinski definition) is 0. The van der Waals surface area contributed by atoms with Gasteiger partial charge < -0.3 is 14.2 Å². The highest BCUT2D eigenvalue weighted by Crippen LogP contribution is 2.34. The molecule has 2 aliphatic heterocycles. The highest BCUT2D eigenvalue weighted by Gasteiger charge is 2.36. The minimum Gasteiger partial charge on any atom is -0.490 e. The number of carbonyl (C=O) groups excluding carboxylic acids is 1. The molecule has 1 saturated heterocycles. The van der Waals surface area contributed by atoms with Gasteiger partial charge in [-0.1, -0.05) is 29.8 Å². The number of sulfonamides is 1. The van der Waals surface area contributed by atoms with Crippen LogP contribution in [0.1, 0.15) is 18.0 Å². The van der Waals surface area contributed by atoms with Gasteiger partial charge in [0.15, 0.2) is 11.5 Å². The van der Waals surface area contributed by atoms with Crippen LogP contribution in [-0.4, -0.2) is 70.1 Å². The fourth-order valence-corrected chi connectivity index (χ4v) is 5.61. The number of esters is 1. The summed E-state index contributed by atoms with van der Waals surface area (Å²) in [5.41, 5.74) is 0.639. The molecule has 0 spiro atoms. The van der Waals surface area contributed by atoms with Crippen molar-refractivity contribution in [3.05, 3.63) is 53.1 Å². The summed E-state index contributed by atoms with van der Waals surface area (Å²) in [4.78, 5) is 14.6. The van der Waals surface area contributed by atoms with Crippen LogP contribution in [0, 0.1) is 0 Å². The predicted molar refractivity (Wildman–Crippen MR) is 119 cm³/mol. The number of benzene rings is 2. The van der Waals surface area contributed by atoms with Gasteiger partial charge in [-0.05, 0) is 23.8 Å². The third-order valence-electron chi connectivity index (χ3n) is 5.62. The van der Waals surface area contributed by atoms with Gasteiger partial charge in [0.25, 0.3) is 0 Å². The Morgan fingerprint density at radius 2 is 1.72 bits per heavy atom. The van der Waals surface area contributed by atoms with Crippen LogP contribution in [0.25, 0.3) is 0 Å². The maximum Gasteiger partial charge on any atom is 0.327 e. The number of carbonyl (C=O) groups is 1. The Bertz CT molecular complexity index is 1090. The molecule has 172 valence electrons. The third kappa shape index (κ3) is 4.56. The predicted octanol–water partition coefficient (Wildman–Crippen LogP) is 2.72. The first-order valence-corrected chi connectivity index (χ1v) is 12.2. The van der Waals surface area contributed by atoms with E-state index >= 15 is 0 Å². The summed E-state index contributed by atoms with van der Waals surface area (Å²) < 4.78 is 44.2. The summed E-state index contributed by atoms with van der Waals surface area (Å²) in [5.74, 6) is 0.552. The van der Waals surface area contributed by atoms with E-state index < -0.39 is 22.0 Å². The van der Waals surface area contributed by atoms with E-state index in [4.69, 9.17) is 25.8 Å². The van der Waals surface area contributed by atoms with Gasteiger partial charge >= 0.3 is 5.97 Å². The molecule has 0 radical (unpaired) electrons. The fraction of sp³-hybridized carbons (Fsp3) is 0.409. The average Bonchev–Trinajstić information content (AvgIpc) is 3.05. The number of piperazine rings is 1. The Kier molecular flexibility index (Phi) is 6.90. The number of halogens is 1. The lowest BCUT2D eigenvalue weighted by Crippen LogP contribution is -2.51. The van der Waals surface area contributed by atoms with Crippen molar-refractivity contribution in [1.82, 2.24) is 9.21 Å². The minimum absolute atomic E-state index is 0.158. The van der Waals surface area contributed by atoms with E-state index in [0.29, 0.717) is 48.4 Å². The van der Waals surface area contributed by atoms with Gasteiger partial charge in [-0.15, -0.1) is 0 Å². The number of methoxy groups -OCH3 is 1. The lowest BCUT2D eigenvalue weighted by Gasteiger charge is -2.37. The first-order valence-electron chi connectivity index (χ1n) is 10.4. The van der Waals surface area contributed by atoms with Crippen LogP contribution in [0.15, 0.2) is 47.4 Å². The van der Waals surface area contributed by atoms with Crippen LogP contribution in [0.5, 0.6) is 11.5 Å². The molecule has 0 aliphatic carbocycles. The summed E-state index contributed by atoms with van der Waals surface area (Å²) >= 11 is 6.33. The van der Waals surface area contributed by atoms with Crippen molar-refractivity contribution in [2.24, 2.45) is 0 Å². The van der Waals surface area contributed by atoms with Crippen molar-refractivity contribution < 1.29 is 27.4 Å². The molecule has 1 atom stereocenters. The molecule has 1 fully saturated rings. The normalized spacial score (nSPS) is 18.6. The van der Waals surface area contributed by atoms with Crippen LogP contribution in [0.3, 0.4) is 0 Å². The van der Waals surface area contributed by atoms with Crippen LogP contribution >= 0.6 is 11.6 Å². The number of hydrogen-bond acceptors (Lipinski definition) is 7. The molecule has 0 saturated carbocycles. The van der Waals surface area contributed by atoms with E-state index in [9.17, 15) is 13.2 Å². The van der Waals surface area contributed by atoms with E-state index in [1.807, 2.05) is 11.0 Å². The Labute approximate surface area is 192 Å². The van der Waals surface area contributed by atoms with E-state index in [2.05, 4.69) is 0 Å². The second kappa shape index (κ2) is 9.66. The molecule has 2 aromatic rings. The molecule has 8 nitrogen and oxygen atoms in total. The summed E-state index contributed by atoms with van der Waals surface area (Å²) in [7, 11) is -2.40. The van der Waals surface area contributed by atoms with Crippen molar-refractivity contribution >= 4 is 27.6 Å². The molecule has 0 bridgehead atoms. The van der Waals surface area contributed by atoms with Crippen LogP contribution in [0.4, 0.5) is 0 Å². The molecule has 2 aromatic carbocycles. The molecule has 2 heterocycles. The number of fused-ring (bicyclic) bond motifs is 1. The number of rotatable bonds is 5. The summed E-state index contributed by atoms with van der Waals surface area (Å²) in [5, 5.41) is 0.463. The monoisotopic (exact) mass is 480 g/mol. The van der Waals surface area contributed by atoms with Crippen LogP contribution < -0.4 is 9.47 Å². The van der Waals surface area contributed by atoms with Crippen molar-refractivity contribution in [1.29, 1.82) is 0 Å². The van der Waals surface area contributed by atoms with Crippen molar-refractivity contribution in [2.45, 2.75) is 17.4 Å². The lowest BCUT2D eigenvalue weighted by molar-refractivity contribution is -0.147. The highest BCUT2D eigenvalue weighted by molar-refractivity contribution is 7.89. The zero-order chi connectivity index (χ0) is 22.7. The quantitative estimate of drug-likeness (QED) is 0.608. The van der Waals surface area contributed by atoms with Gasteiger partial charge in [-0.2, -0.15) is 4.31 Å². The number of ether oxygens (including phenoxy) is 3. The third-order valence-corrected chi connectivity index (χ3v) is 7.86. The van der Waals surface area contributed by atoms with E-state index in [0.717, 1.165) is 6.42 Å². The Morgan fingerprint density at radius 1 is 1.03 bits per heavy atom. The van der Waals surface area contributed by atoms with Crippen molar-refractivity contribution in [3.63, 3.8) is 0 Å². The fourth-order valence-electron chi connectivity index (χ4n) is 3.94. The Balaban J connectivity index is 1.51. The van der Waals surface area contributed by atoms with Gasteiger partial charge in [0, 0.05) is 43.7 Å². The highest BCUT2D eigenvalue weighted by atomic mass is 35.5. The van der Waals surface area contributed by atoms with E-state index in [-0.39, 0.29) is 18.0 Å². The van der Waals surface area contributed by atoms with Crippen LogP contribution in [-0.2, 0) is 19.6 Å². The van der Waals surface area contributed by atoms with E-state index in [1.54, 1.807) is 24.3 Å². The summed E-state index contributed by atoms with van der Waals surface area (Å²) in [6, 6.07) is 11.1. The second-order valence-electron chi connectivity index (χ2n) is 7.55. The molecule has 0 aromatic heterocycles. The van der Waals surface area contributed by atoms with Gasteiger partial charge in [-0.25, -0.2) is 13.2 Å². The van der Waals surface area contributed by atoms with Gasteiger partial charge in [-0.3, -0.25) is 4.90 Å². The molecule has 4 rings (SSSR count). The maximum atomic E-state index is 13.2. The Morgan fingerprint density at radius 3 is 2.41 bits per heavy atom. The second-order valence-corrected chi connectivity index (χ2v) is 9.89. The van der Waals surface area contributed by atoms with Crippen molar-refractivity contribution in [2.75, 3.05) is 46.5 Å². The maximum absolute atomic E-state index is 13.2. The minimum atomic E-state index is -3.73. The SMILES string of the molecule is COC(=O)C(c1ccccc1Cl)N1CCN(S(=O)(=O)c2ccc3c(c2)OCCCO3)CC1. The first kappa shape index (κ1) is 22.8. The number of nitrogens with zero attached hydrogens (tertiary/aromatic N) is 2. The molecule has 0 N–H and O–H groups in total. The zero-order valence-corrected chi connectivity index (χ0v) is 19.3. The molecular weight excluding hydrogens is 456 g/mol. The molecule has 32 heavy (non-hydrogen) atoms. The topological polar surface area (TPSA) is 85.4 Å². The first-order chi connectivity index (χ1) is 15.4. The van der Waals surface area contributed by atoms with E-state index in [1.165, 1.54) is 23.5 Å². The zero-order valence-electron chi connectivity index (χ0n) is 17.7. The molecule has 2 aliphatic rings. The van der Waals surface area contributed by atoms with Gasteiger partial charge in [0.1, 0.15) is 6.04 Å². The van der Waals surface area contributed by atoms with Crippen LogP contribution in [0.2, 0.25) is 5.02 Å². The van der Waals surface area contributed by atoms with Gasteiger partial charge in [0.05, 0.1) is 25.2 Å². The average molecular weight is 481 g/mol. The summed E-state index contributed by atoms with van der Waals surface area (Å²) in [6.45, 7) is 2.19. The standard InChI is InChI=1S/C22H25ClN2O6S/c1-29-22(26)21(17-5-2-3-6-18(17)23)24-9-11-25(12-10-24)32(27,28)16-7-8-19-20(15-16)31-14-4-13-30-19/h2-3,5-8,15,21H,4,9-14H2,1H3. The molecule has 10 heteroatoms. The summed E-state index contributed by atoms with van der Waals surface area (Å²) in [6.07, 6.45) is 0.742. The van der Waals surface area contributed by atoms with Crippen molar-refractivity contribution in [3.8, 4) is 11.5 Å².